The first-order valence-electron chi connectivity index (χ1n) is 7.77. The van der Waals surface area contributed by atoms with Crippen LogP contribution >= 0.6 is 11.3 Å². The molecule has 1 saturated heterocycles. The minimum atomic E-state index is -3.49. The maximum atomic E-state index is 12.6. The number of hydrogen-bond donors (Lipinski definition) is 1. The van der Waals surface area contributed by atoms with Gasteiger partial charge in [-0.2, -0.15) is 4.31 Å². The fourth-order valence-corrected chi connectivity index (χ4v) is 5.42. The van der Waals surface area contributed by atoms with Crippen LogP contribution in [0.3, 0.4) is 0 Å². The standard InChI is InChI=1S/C16H19N3O3S2/c20-16(18-11-13-4-1-7-17-10-13)14-5-2-8-19(12-14)24(21,22)15-6-3-9-23-15/h1,3-4,6-7,9-10,14H,2,5,8,11-12H2,(H,18,20). The number of rotatable bonds is 5. The number of piperidine rings is 1. The molecule has 0 bridgehead atoms. The Morgan fingerprint density at radius 3 is 2.96 bits per heavy atom. The van der Waals surface area contributed by atoms with Crippen molar-refractivity contribution in [2.24, 2.45) is 5.92 Å². The summed E-state index contributed by atoms with van der Waals surface area (Å²) in [6.07, 6.45) is 4.78. The van der Waals surface area contributed by atoms with Gasteiger partial charge >= 0.3 is 0 Å². The first kappa shape index (κ1) is 17.1. The van der Waals surface area contributed by atoms with Gasteiger partial charge in [-0.05, 0) is 35.9 Å². The van der Waals surface area contributed by atoms with E-state index in [2.05, 4.69) is 10.3 Å². The Kier molecular flexibility index (Phi) is 5.27. The highest BCUT2D eigenvalue weighted by atomic mass is 32.2. The molecule has 1 amide bonds. The second kappa shape index (κ2) is 7.42. The van der Waals surface area contributed by atoms with Crippen LogP contribution in [0.25, 0.3) is 0 Å². The second-order valence-corrected chi connectivity index (χ2v) is 8.83. The van der Waals surface area contributed by atoms with Gasteiger partial charge in [-0.3, -0.25) is 9.78 Å². The molecule has 1 N–H and O–H groups in total. The summed E-state index contributed by atoms with van der Waals surface area (Å²) in [4.78, 5) is 16.4. The Hall–Kier alpha value is -1.77. The van der Waals surface area contributed by atoms with Crippen LogP contribution in [-0.4, -0.2) is 36.7 Å². The van der Waals surface area contributed by atoms with Gasteiger partial charge in [0.2, 0.25) is 5.91 Å². The average molecular weight is 365 g/mol. The minimum Gasteiger partial charge on any atom is -0.352 e. The van der Waals surface area contributed by atoms with Crippen molar-refractivity contribution in [3.05, 3.63) is 47.6 Å². The maximum Gasteiger partial charge on any atom is 0.252 e. The van der Waals surface area contributed by atoms with E-state index < -0.39 is 10.0 Å². The normalized spacial score (nSPS) is 19.1. The number of sulfonamides is 1. The highest BCUT2D eigenvalue weighted by molar-refractivity contribution is 7.91. The molecule has 6 nitrogen and oxygen atoms in total. The number of carbonyl (C=O) groups is 1. The third-order valence-electron chi connectivity index (χ3n) is 4.03. The zero-order valence-electron chi connectivity index (χ0n) is 13.1. The Morgan fingerprint density at radius 1 is 1.38 bits per heavy atom. The van der Waals surface area contributed by atoms with Gasteiger partial charge < -0.3 is 5.32 Å². The van der Waals surface area contributed by atoms with Crippen molar-refractivity contribution in [1.82, 2.24) is 14.6 Å². The van der Waals surface area contributed by atoms with E-state index in [0.717, 1.165) is 5.56 Å². The molecule has 1 aliphatic rings. The van der Waals surface area contributed by atoms with Crippen molar-refractivity contribution in [2.75, 3.05) is 13.1 Å². The zero-order valence-corrected chi connectivity index (χ0v) is 14.7. The van der Waals surface area contributed by atoms with Gasteiger partial charge in [0.05, 0.1) is 5.92 Å². The Balaban J connectivity index is 1.62. The van der Waals surface area contributed by atoms with Crippen molar-refractivity contribution in [2.45, 2.75) is 23.6 Å². The number of nitrogens with one attached hydrogen (secondary N) is 1. The molecule has 0 saturated carbocycles. The van der Waals surface area contributed by atoms with E-state index in [9.17, 15) is 13.2 Å². The molecule has 8 heteroatoms. The summed E-state index contributed by atoms with van der Waals surface area (Å²) in [5, 5.41) is 4.62. The molecule has 1 aliphatic heterocycles. The number of amides is 1. The summed E-state index contributed by atoms with van der Waals surface area (Å²) in [6.45, 7) is 1.10. The van der Waals surface area contributed by atoms with Crippen LogP contribution in [-0.2, 0) is 21.4 Å². The highest BCUT2D eigenvalue weighted by Gasteiger charge is 2.33. The van der Waals surface area contributed by atoms with Crippen LogP contribution in [0, 0.1) is 5.92 Å². The molecule has 1 atom stereocenters. The van der Waals surface area contributed by atoms with Crippen LogP contribution in [0.4, 0.5) is 0 Å². The minimum absolute atomic E-state index is 0.107. The lowest BCUT2D eigenvalue weighted by atomic mass is 9.99. The molecule has 24 heavy (non-hydrogen) atoms. The van der Waals surface area contributed by atoms with Gasteiger partial charge in [-0.25, -0.2) is 8.42 Å². The average Bonchev–Trinajstić information content (AvgIpc) is 3.16. The Bertz CT molecular complexity index is 776. The lowest BCUT2D eigenvalue weighted by Gasteiger charge is -2.30. The van der Waals surface area contributed by atoms with Crippen LogP contribution in [0.15, 0.2) is 46.2 Å². The number of hydrogen-bond acceptors (Lipinski definition) is 5. The second-order valence-electron chi connectivity index (χ2n) is 5.71. The quantitative estimate of drug-likeness (QED) is 0.877. The zero-order chi connectivity index (χ0) is 17.0. The lowest BCUT2D eigenvalue weighted by molar-refractivity contribution is -0.126. The molecule has 1 fully saturated rings. The molecular formula is C16H19N3O3S2. The molecule has 1 unspecified atom stereocenters. The van der Waals surface area contributed by atoms with Gasteiger partial charge in [0, 0.05) is 32.0 Å². The first-order chi connectivity index (χ1) is 11.6. The molecular weight excluding hydrogens is 346 g/mol. The third-order valence-corrected chi connectivity index (χ3v) is 7.27. The van der Waals surface area contributed by atoms with E-state index in [-0.39, 0.29) is 18.4 Å². The van der Waals surface area contributed by atoms with Gasteiger partial charge in [0.1, 0.15) is 4.21 Å². The van der Waals surface area contributed by atoms with Crippen molar-refractivity contribution >= 4 is 27.3 Å². The van der Waals surface area contributed by atoms with E-state index in [4.69, 9.17) is 0 Å². The number of nitrogens with zero attached hydrogens (tertiary/aromatic N) is 2. The smallest absolute Gasteiger partial charge is 0.252 e. The summed E-state index contributed by atoms with van der Waals surface area (Å²) in [5.74, 6) is -0.421. The maximum absolute atomic E-state index is 12.6. The van der Waals surface area contributed by atoms with Crippen molar-refractivity contribution in [3.8, 4) is 0 Å². The largest absolute Gasteiger partial charge is 0.352 e. The molecule has 0 aromatic carbocycles. The summed E-state index contributed by atoms with van der Waals surface area (Å²) in [6, 6.07) is 7.03. The van der Waals surface area contributed by atoms with E-state index >= 15 is 0 Å². The number of carbonyl (C=O) groups excluding carboxylic acids is 1. The molecule has 0 radical (unpaired) electrons. The van der Waals surface area contributed by atoms with E-state index in [1.165, 1.54) is 15.6 Å². The van der Waals surface area contributed by atoms with E-state index in [1.807, 2.05) is 12.1 Å². The predicted octanol–water partition coefficient (Wildman–Crippen LogP) is 1.86. The molecule has 128 valence electrons. The molecule has 3 rings (SSSR count). The number of aromatic nitrogens is 1. The van der Waals surface area contributed by atoms with Gasteiger partial charge in [-0.1, -0.05) is 12.1 Å². The van der Waals surface area contributed by atoms with Gasteiger partial charge in [-0.15, -0.1) is 11.3 Å². The molecule has 2 aromatic rings. The highest BCUT2D eigenvalue weighted by Crippen LogP contribution is 2.26. The Morgan fingerprint density at radius 2 is 2.25 bits per heavy atom. The summed E-state index contributed by atoms with van der Waals surface area (Å²) < 4.78 is 26.9. The molecule has 3 heterocycles. The van der Waals surface area contributed by atoms with Crippen LogP contribution in [0.2, 0.25) is 0 Å². The van der Waals surface area contributed by atoms with Crippen LogP contribution < -0.4 is 5.32 Å². The van der Waals surface area contributed by atoms with Crippen molar-refractivity contribution in [1.29, 1.82) is 0 Å². The fourth-order valence-electron chi connectivity index (χ4n) is 2.75. The number of thiophene rings is 1. The lowest BCUT2D eigenvalue weighted by Crippen LogP contribution is -2.45. The predicted molar refractivity (Wildman–Crippen MR) is 91.9 cm³/mol. The molecule has 2 aromatic heterocycles. The fraction of sp³-hybridized carbons (Fsp3) is 0.375. The van der Waals surface area contributed by atoms with Crippen molar-refractivity contribution < 1.29 is 13.2 Å². The van der Waals surface area contributed by atoms with Crippen molar-refractivity contribution in [3.63, 3.8) is 0 Å². The first-order valence-corrected chi connectivity index (χ1v) is 10.1. The van der Waals surface area contributed by atoms with Crippen LogP contribution in [0.1, 0.15) is 18.4 Å². The third kappa shape index (κ3) is 3.82. The topological polar surface area (TPSA) is 79.4 Å². The molecule has 0 aliphatic carbocycles. The Labute approximate surface area is 145 Å². The van der Waals surface area contributed by atoms with E-state index in [1.54, 1.807) is 29.9 Å². The van der Waals surface area contributed by atoms with E-state index in [0.29, 0.717) is 30.1 Å². The van der Waals surface area contributed by atoms with Crippen LogP contribution in [0.5, 0.6) is 0 Å². The number of pyridine rings is 1. The SMILES string of the molecule is O=C(NCc1cccnc1)C1CCCN(S(=O)(=O)c2cccs2)C1. The van der Waals surface area contributed by atoms with Gasteiger partial charge in [0.25, 0.3) is 10.0 Å². The summed E-state index contributed by atoms with van der Waals surface area (Å²) in [5.41, 5.74) is 0.921. The molecule has 0 spiro atoms. The summed E-state index contributed by atoms with van der Waals surface area (Å²) >= 11 is 1.20. The summed E-state index contributed by atoms with van der Waals surface area (Å²) in [7, 11) is -3.49. The van der Waals surface area contributed by atoms with Gasteiger partial charge in [0.15, 0.2) is 0 Å². The monoisotopic (exact) mass is 365 g/mol.